The van der Waals surface area contributed by atoms with Gasteiger partial charge >= 0.3 is 5.97 Å². The van der Waals surface area contributed by atoms with Crippen molar-refractivity contribution in [3.05, 3.63) is 65.2 Å². The Morgan fingerprint density at radius 3 is 2.14 bits per heavy atom. The van der Waals surface area contributed by atoms with Crippen LogP contribution in [0.4, 0.5) is 0 Å². The van der Waals surface area contributed by atoms with Gasteiger partial charge in [0.15, 0.2) is 0 Å². The summed E-state index contributed by atoms with van der Waals surface area (Å²) >= 11 is 0. The molecule has 3 aromatic rings. The highest BCUT2D eigenvalue weighted by Crippen LogP contribution is 2.52. The van der Waals surface area contributed by atoms with Crippen LogP contribution in [0, 0.1) is 12.3 Å². The minimum atomic E-state index is -0.685. The lowest BCUT2D eigenvalue weighted by atomic mass is 9.57. The van der Waals surface area contributed by atoms with E-state index in [1.54, 1.807) is 0 Å². The molecule has 5 heteroatoms. The first kappa shape index (κ1) is 23.5. The Labute approximate surface area is 207 Å². The predicted octanol–water partition coefficient (Wildman–Crippen LogP) is 6.42. The van der Waals surface area contributed by atoms with Crippen molar-refractivity contribution in [1.29, 1.82) is 0 Å². The molecule has 5 nitrogen and oxygen atoms in total. The van der Waals surface area contributed by atoms with Crippen molar-refractivity contribution in [2.45, 2.75) is 77.2 Å². The molecule has 0 radical (unpaired) electrons. The van der Waals surface area contributed by atoms with E-state index in [-0.39, 0.29) is 16.9 Å². The van der Waals surface area contributed by atoms with Crippen LogP contribution < -0.4 is 5.32 Å². The highest BCUT2D eigenvalue weighted by Gasteiger charge is 2.53. The van der Waals surface area contributed by atoms with E-state index in [0.29, 0.717) is 44.1 Å². The van der Waals surface area contributed by atoms with Crippen LogP contribution in [-0.4, -0.2) is 27.5 Å². The number of carboxylic acid groups (broad SMARTS) is 1. The number of hydrogen-bond donors (Lipinski definition) is 2. The first-order valence-electron chi connectivity index (χ1n) is 12.6. The maximum absolute atomic E-state index is 14.0. The lowest BCUT2D eigenvalue weighted by Crippen LogP contribution is -2.58. The second kappa shape index (κ2) is 8.18. The minimum Gasteiger partial charge on any atom is -0.481 e. The van der Waals surface area contributed by atoms with Gasteiger partial charge in [-0.1, -0.05) is 57.2 Å². The number of nitrogens with zero attached hydrogens (tertiary/aromatic N) is 1. The summed E-state index contributed by atoms with van der Waals surface area (Å²) in [5, 5.41) is 14.0. The van der Waals surface area contributed by atoms with Gasteiger partial charge in [-0.15, -0.1) is 0 Å². The molecule has 1 heterocycles. The fourth-order valence-electron chi connectivity index (χ4n) is 5.99. The van der Waals surface area contributed by atoms with Crippen molar-refractivity contribution in [2.24, 2.45) is 5.41 Å². The Balaban J connectivity index is 1.60. The van der Waals surface area contributed by atoms with Crippen LogP contribution in [0.15, 0.2) is 48.5 Å². The molecule has 2 aromatic carbocycles. The molecule has 182 valence electrons. The lowest BCUT2D eigenvalue weighted by molar-refractivity contribution is -0.156. The molecule has 0 saturated heterocycles. The SMILES string of the molecule is Cc1c(-c2ccccc2)nc2ccc(C(C)(C)C)cc2c1C(=O)NC12CCC(C(=O)O)(CC1)CC2. The van der Waals surface area contributed by atoms with E-state index >= 15 is 0 Å². The minimum absolute atomic E-state index is 0.0560. The van der Waals surface area contributed by atoms with Crippen molar-refractivity contribution >= 4 is 22.8 Å². The van der Waals surface area contributed by atoms with E-state index in [4.69, 9.17) is 4.98 Å². The van der Waals surface area contributed by atoms with Gasteiger partial charge in [-0.3, -0.25) is 9.59 Å². The summed E-state index contributed by atoms with van der Waals surface area (Å²) in [4.78, 5) is 30.9. The first-order chi connectivity index (χ1) is 16.5. The van der Waals surface area contributed by atoms with Gasteiger partial charge < -0.3 is 10.4 Å². The van der Waals surface area contributed by atoms with Crippen molar-refractivity contribution < 1.29 is 14.7 Å². The summed E-state index contributed by atoms with van der Waals surface area (Å²) in [6.45, 7) is 8.50. The first-order valence-corrected chi connectivity index (χ1v) is 12.6. The maximum Gasteiger partial charge on any atom is 0.309 e. The number of carboxylic acids is 1. The average molecular weight is 471 g/mol. The Bertz CT molecular complexity index is 1300. The molecule has 1 amide bonds. The van der Waals surface area contributed by atoms with E-state index in [9.17, 15) is 14.7 Å². The number of fused-ring (bicyclic) bond motifs is 4. The Morgan fingerprint density at radius 1 is 0.943 bits per heavy atom. The van der Waals surface area contributed by atoms with Crippen molar-refractivity contribution in [3.8, 4) is 11.3 Å². The summed E-state index contributed by atoms with van der Waals surface area (Å²) < 4.78 is 0. The number of hydrogen-bond acceptors (Lipinski definition) is 3. The third-order valence-corrected chi connectivity index (χ3v) is 8.45. The molecular formula is C30H34N2O3. The number of rotatable bonds is 4. The zero-order valence-corrected chi connectivity index (χ0v) is 21.1. The number of carbonyl (C=O) groups is 2. The molecule has 3 saturated carbocycles. The van der Waals surface area contributed by atoms with Gasteiger partial charge in [0, 0.05) is 16.5 Å². The van der Waals surface area contributed by atoms with Gasteiger partial charge in [-0.05, 0) is 74.1 Å². The summed E-state index contributed by atoms with van der Waals surface area (Å²) in [6.07, 6.45) is 4.02. The molecule has 6 rings (SSSR count). The van der Waals surface area contributed by atoms with Crippen molar-refractivity contribution in [2.75, 3.05) is 0 Å². The van der Waals surface area contributed by atoms with Crippen molar-refractivity contribution in [3.63, 3.8) is 0 Å². The van der Waals surface area contributed by atoms with Crippen LogP contribution >= 0.6 is 0 Å². The summed E-state index contributed by atoms with van der Waals surface area (Å²) in [6, 6.07) is 16.3. The number of aromatic nitrogens is 1. The highest BCUT2D eigenvalue weighted by molar-refractivity contribution is 6.09. The van der Waals surface area contributed by atoms with E-state index in [0.717, 1.165) is 33.3 Å². The summed E-state index contributed by atoms with van der Waals surface area (Å²) in [7, 11) is 0. The molecular weight excluding hydrogens is 436 g/mol. The van der Waals surface area contributed by atoms with Crippen LogP contribution in [0.2, 0.25) is 0 Å². The zero-order chi connectivity index (χ0) is 25.0. The van der Waals surface area contributed by atoms with Gasteiger partial charge in [0.2, 0.25) is 0 Å². The molecule has 35 heavy (non-hydrogen) atoms. The van der Waals surface area contributed by atoms with Gasteiger partial charge in [-0.25, -0.2) is 4.98 Å². The summed E-state index contributed by atoms with van der Waals surface area (Å²) in [5.41, 5.74) is 4.33. The van der Waals surface area contributed by atoms with Crippen LogP contribution in [0.25, 0.3) is 22.2 Å². The lowest BCUT2D eigenvalue weighted by Gasteiger charge is -2.51. The van der Waals surface area contributed by atoms with Gasteiger partial charge in [0.1, 0.15) is 0 Å². The largest absolute Gasteiger partial charge is 0.481 e. The van der Waals surface area contributed by atoms with E-state index in [2.05, 4.69) is 38.2 Å². The number of nitrogens with one attached hydrogen (secondary N) is 1. The molecule has 1 aromatic heterocycles. The number of aliphatic carboxylic acids is 1. The van der Waals surface area contributed by atoms with Crippen molar-refractivity contribution in [1.82, 2.24) is 10.3 Å². The Kier molecular flexibility index (Phi) is 5.50. The standard InChI is InChI=1S/C30H34N2O3/c1-19-24(26(33)32-30-15-12-29(13-16-30,14-17-30)27(34)35)22-18-21(28(2,3)4)10-11-23(22)31-25(19)20-8-6-5-7-9-20/h5-11,18H,12-17H2,1-4H3,(H,32,33)(H,34,35). The highest BCUT2D eigenvalue weighted by atomic mass is 16.4. The van der Waals surface area contributed by atoms with Gasteiger partial charge in [0.25, 0.3) is 5.91 Å². The average Bonchev–Trinajstić information content (AvgIpc) is 2.84. The Hall–Kier alpha value is -3.21. The van der Waals surface area contributed by atoms with Gasteiger partial charge in [-0.2, -0.15) is 0 Å². The van der Waals surface area contributed by atoms with Crippen LogP contribution in [0.1, 0.15) is 80.8 Å². The smallest absolute Gasteiger partial charge is 0.309 e. The third kappa shape index (κ3) is 4.01. The molecule has 2 bridgehead atoms. The molecule has 3 aliphatic rings. The topological polar surface area (TPSA) is 79.3 Å². The number of amides is 1. The van der Waals surface area contributed by atoms with Crippen LogP contribution in [0.3, 0.4) is 0 Å². The predicted molar refractivity (Wildman–Crippen MR) is 139 cm³/mol. The third-order valence-electron chi connectivity index (χ3n) is 8.45. The van der Waals surface area contributed by atoms with Crippen LogP contribution in [-0.2, 0) is 10.2 Å². The van der Waals surface area contributed by atoms with E-state index < -0.39 is 11.4 Å². The summed E-state index contributed by atoms with van der Waals surface area (Å²) in [5.74, 6) is -0.766. The number of carbonyl (C=O) groups excluding carboxylic acids is 1. The Morgan fingerprint density at radius 2 is 1.57 bits per heavy atom. The molecule has 0 atom stereocenters. The second-order valence-corrected chi connectivity index (χ2v) is 11.6. The molecule has 3 aliphatic carbocycles. The molecule has 0 unspecified atom stereocenters. The van der Waals surface area contributed by atoms with Gasteiger partial charge in [0.05, 0.1) is 22.2 Å². The van der Waals surface area contributed by atoms with E-state index in [1.807, 2.05) is 43.3 Å². The van der Waals surface area contributed by atoms with Crippen LogP contribution in [0.5, 0.6) is 0 Å². The fraction of sp³-hybridized carbons (Fsp3) is 0.433. The zero-order valence-electron chi connectivity index (χ0n) is 21.1. The van der Waals surface area contributed by atoms with E-state index in [1.165, 1.54) is 0 Å². The monoisotopic (exact) mass is 470 g/mol. The second-order valence-electron chi connectivity index (χ2n) is 11.6. The fourth-order valence-corrected chi connectivity index (χ4v) is 5.99. The molecule has 2 N–H and O–H groups in total. The maximum atomic E-state index is 14.0. The number of benzene rings is 2. The number of pyridine rings is 1. The molecule has 0 aliphatic heterocycles. The molecule has 3 fully saturated rings. The molecule has 0 spiro atoms. The normalized spacial score (nSPS) is 23.9. The quantitative estimate of drug-likeness (QED) is 0.461.